The molecule has 0 saturated carbocycles. The Balaban J connectivity index is 3.36. The third-order valence-corrected chi connectivity index (χ3v) is 10.8. The molecule has 0 rings (SSSR count). The molecule has 0 bridgehead atoms. The lowest BCUT2D eigenvalue weighted by atomic mass is 10.0. The SMILES string of the molecule is CCCCCCCCCCOC(=O)CCCCCCCC=CCCCCCCCCNC(CN)CCCCCCCCC=CCCCCCCCC(=O)O. The third-order valence-electron chi connectivity index (χ3n) is 10.8. The molecular weight excluding hydrogens is 669 g/mol. The summed E-state index contributed by atoms with van der Waals surface area (Å²) in [5, 5.41) is 12.4. The molecule has 4 N–H and O–H groups in total. The highest BCUT2D eigenvalue weighted by atomic mass is 16.5. The minimum Gasteiger partial charge on any atom is -0.481 e. The Morgan fingerprint density at radius 1 is 0.519 bits per heavy atom. The minimum absolute atomic E-state index is 0.00159. The number of allylic oxidation sites excluding steroid dienone is 4. The number of ether oxygens (including phenoxy) is 1. The highest BCUT2D eigenvalue weighted by Crippen LogP contribution is 2.14. The van der Waals surface area contributed by atoms with Gasteiger partial charge in [-0.1, -0.05) is 172 Å². The molecule has 6 heteroatoms. The fraction of sp³-hybridized carbons (Fsp3) is 0.875. The van der Waals surface area contributed by atoms with Crippen LogP contribution in [0.1, 0.15) is 244 Å². The van der Waals surface area contributed by atoms with E-state index in [0.29, 0.717) is 25.5 Å². The van der Waals surface area contributed by atoms with Crippen molar-refractivity contribution < 1.29 is 19.4 Å². The Morgan fingerprint density at radius 2 is 0.907 bits per heavy atom. The second-order valence-electron chi connectivity index (χ2n) is 16.1. The lowest BCUT2D eigenvalue weighted by molar-refractivity contribution is -0.144. The van der Waals surface area contributed by atoms with Crippen molar-refractivity contribution in [3.63, 3.8) is 0 Å². The largest absolute Gasteiger partial charge is 0.481 e. The molecule has 0 aliphatic carbocycles. The van der Waals surface area contributed by atoms with Crippen molar-refractivity contribution in [2.45, 2.75) is 251 Å². The van der Waals surface area contributed by atoms with Crippen LogP contribution in [-0.2, 0) is 14.3 Å². The highest BCUT2D eigenvalue weighted by molar-refractivity contribution is 5.69. The van der Waals surface area contributed by atoms with E-state index in [1.54, 1.807) is 0 Å². The summed E-state index contributed by atoms with van der Waals surface area (Å²) in [6.07, 6.45) is 53.9. The normalized spacial score (nSPS) is 12.3. The summed E-state index contributed by atoms with van der Waals surface area (Å²) >= 11 is 0. The first kappa shape index (κ1) is 52.3. The maximum atomic E-state index is 11.9. The van der Waals surface area contributed by atoms with Gasteiger partial charge in [0, 0.05) is 25.4 Å². The molecule has 0 saturated heterocycles. The van der Waals surface area contributed by atoms with Crippen molar-refractivity contribution in [2.75, 3.05) is 19.7 Å². The van der Waals surface area contributed by atoms with E-state index in [4.69, 9.17) is 15.6 Å². The summed E-state index contributed by atoms with van der Waals surface area (Å²) in [6.45, 7) is 4.73. The zero-order valence-electron chi connectivity index (χ0n) is 35.9. The molecule has 318 valence electrons. The predicted molar refractivity (Wildman–Crippen MR) is 234 cm³/mol. The Hall–Kier alpha value is -1.66. The lowest BCUT2D eigenvalue weighted by Crippen LogP contribution is -2.36. The van der Waals surface area contributed by atoms with Crippen LogP contribution in [0.4, 0.5) is 0 Å². The molecule has 0 radical (unpaired) electrons. The smallest absolute Gasteiger partial charge is 0.305 e. The number of carboxylic acid groups (broad SMARTS) is 1. The van der Waals surface area contributed by atoms with E-state index in [1.807, 2.05) is 0 Å². The van der Waals surface area contributed by atoms with Crippen LogP contribution in [0.15, 0.2) is 24.3 Å². The monoisotopic (exact) mass is 761 g/mol. The van der Waals surface area contributed by atoms with E-state index in [0.717, 1.165) is 51.6 Å². The predicted octanol–water partition coefficient (Wildman–Crippen LogP) is 14.1. The second-order valence-corrected chi connectivity index (χ2v) is 16.1. The van der Waals surface area contributed by atoms with Crippen LogP contribution in [0.2, 0.25) is 0 Å². The van der Waals surface area contributed by atoms with E-state index < -0.39 is 5.97 Å². The molecular formula is C48H92N2O4. The van der Waals surface area contributed by atoms with Gasteiger partial charge in [-0.15, -0.1) is 0 Å². The van der Waals surface area contributed by atoms with Crippen molar-refractivity contribution in [3.8, 4) is 0 Å². The second kappa shape index (κ2) is 45.7. The number of carboxylic acids is 1. The summed E-state index contributed by atoms with van der Waals surface area (Å²) in [5.41, 5.74) is 6.05. The van der Waals surface area contributed by atoms with Crippen molar-refractivity contribution in [3.05, 3.63) is 24.3 Å². The molecule has 6 nitrogen and oxygen atoms in total. The maximum Gasteiger partial charge on any atom is 0.305 e. The zero-order valence-corrected chi connectivity index (χ0v) is 35.9. The fourth-order valence-corrected chi connectivity index (χ4v) is 7.16. The number of unbranched alkanes of at least 4 members (excludes halogenated alkanes) is 29. The number of esters is 1. The maximum absolute atomic E-state index is 11.9. The van der Waals surface area contributed by atoms with Crippen molar-refractivity contribution >= 4 is 11.9 Å². The van der Waals surface area contributed by atoms with E-state index in [1.165, 1.54) is 186 Å². The molecule has 0 spiro atoms. The van der Waals surface area contributed by atoms with Crippen molar-refractivity contribution in [2.24, 2.45) is 5.73 Å². The molecule has 0 aromatic carbocycles. The van der Waals surface area contributed by atoms with E-state index in [2.05, 4.69) is 36.5 Å². The number of nitrogens with one attached hydrogen (secondary N) is 1. The number of aliphatic carboxylic acids is 1. The van der Waals surface area contributed by atoms with Crippen molar-refractivity contribution in [1.29, 1.82) is 0 Å². The van der Waals surface area contributed by atoms with E-state index in [9.17, 15) is 9.59 Å². The molecule has 1 atom stereocenters. The number of hydrogen-bond donors (Lipinski definition) is 3. The van der Waals surface area contributed by atoms with Gasteiger partial charge in [0.05, 0.1) is 6.61 Å². The third kappa shape index (κ3) is 44.7. The van der Waals surface area contributed by atoms with Crippen LogP contribution in [-0.4, -0.2) is 42.8 Å². The van der Waals surface area contributed by atoms with Gasteiger partial charge in [0.1, 0.15) is 0 Å². The van der Waals surface area contributed by atoms with Crippen molar-refractivity contribution in [1.82, 2.24) is 5.32 Å². The van der Waals surface area contributed by atoms with Gasteiger partial charge in [0.25, 0.3) is 0 Å². The number of nitrogens with two attached hydrogens (primary N) is 1. The van der Waals surface area contributed by atoms with Gasteiger partial charge in [0.2, 0.25) is 0 Å². The van der Waals surface area contributed by atoms with Gasteiger partial charge in [-0.2, -0.15) is 0 Å². The topological polar surface area (TPSA) is 102 Å². The first-order valence-electron chi connectivity index (χ1n) is 23.7. The van der Waals surface area contributed by atoms with Gasteiger partial charge >= 0.3 is 11.9 Å². The molecule has 1 unspecified atom stereocenters. The molecule has 0 aliphatic rings. The van der Waals surface area contributed by atoms with Crippen LogP contribution < -0.4 is 11.1 Å². The van der Waals surface area contributed by atoms with Crippen LogP contribution in [0, 0.1) is 0 Å². The quantitative estimate of drug-likeness (QED) is 0.0324. The highest BCUT2D eigenvalue weighted by Gasteiger charge is 2.05. The fourth-order valence-electron chi connectivity index (χ4n) is 7.16. The average Bonchev–Trinajstić information content (AvgIpc) is 3.16. The van der Waals surface area contributed by atoms with Crippen LogP contribution >= 0.6 is 0 Å². The lowest BCUT2D eigenvalue weighted by Gasteiger charge is -2.16. The Labute approximate surface area is 336 Å². The van der Waals surface area contributed by atoms with Crippen LogP contribution in [0.5, 0.6) is 0 Å². The number of rotatable bonds is 45. The van der Waals surface area contributed by atoms with E-state index in [-0.39, 0.29) is 5.97 Å². The molecule has 0 heterocycles. The average molecular weight is 761 g/mol. The van der Waals surface area contributed by atoms with Crippen LogP contribution in [0.3, 0.4) is 0 Å². The zero-order chi connectivity index (χ0) is 39.3. The molecule has 0 aromatic heterocycles. The minimum atomic E-state index is -0.670. The number of hydrogen-bond acceptors (Lipinski definition) is 5. The molecule has 0 amide bonds. The van der Waals surface area contributed by atoms with Gasteiger partial charge in [0.15, 0.2) is 0 Å². The standard InChI is InChI=1S/C48H92N2O4/c1-2-3-4-5-6-29-34-39-44-54-48(53)42-37-32-27-23-19-15-11-8-12-16-20-24-28-33-38-43-50-46(45-49)40-35-30-25-21-17-13-9-7-10-14-18-22-26-31-36-41-47(51)52/h7-8,10-11,46,50H,2-6,9,12-45,49H2,1H3,(H,51,52). The summed E-state index contributed by atoms with van der Waals surface area (Å²) in [4.78, 5) is 22.4. The summed E-state index contributed by atoms with van der Waals surface area (Å²) in [5.74, 6) is -0.669. The number of carbonyl (C=O) groups excluding carboxylic acids is 1. The summed E-state index contributed by atoms with van der Waals surface area (Å²) in [7, 11) is 0. The van der Waals surface area contributed by atoms with E-state index >= 15 is 0 Å². The molecule has 0 fully saturated rings. The number of carbonyl (C=O) groups is 2. The molecule has 54 heavy (non-hydrogen) atoms. The summed E-state index contributed by atoms with van der Waals surface area (Å²) in [6, 6.07) is 0.483. The first-order chi connectivity index (χ1) is 26.6. The van der Waals surface area contributed by atoms with Gasteiger partial charge < -0.3 is 20.9 Å². The Kier molecular flexibility index (Phi) is 44.3. The first-order valence-corrected chi connectivity index (χ1v) is 23.7. The molecule has 0 aliphatic heterocycles. The Bertz CT molecular complexity index is 830. The van der Waals surface area contributed by atoms with Gasteiger partial charge in [-0.05, 0) is 90.0 Å². The van der Waals surface area contributed by atoms with Gasteiger partial charge in [-0.25, -0.2) is 0 Å². The summed E-state index contributed by atoms with van der Waals surface area (Å²) < 4.78 is 5.41. The van der Waals surface area contributed by atoms with Gasteiger partial charge in [-0.3, -0.25) is 9.59 Å². The molecule has 0 aromatic rings. The van der Waals surface area contributed by atoms with Crippen LogP contribution in [0.25, 0.3) is 0 Å². The Morgan fingerprint density at radius 3 is 1.37 bits per heavy atom.